The Kier molecular flexibility index (Phi) is 5.09. The predicted octanol–water partition coefficient (Wildman–Crippen LogP) is 2.70. The number of rotatable bonds is 5. The molecule has 21 heavy (non-hydrogen) atoms. The van der Waals surface area contributed by atoms with Gasteiger partial charge in [-0.05, 0) is 29.8 Å². The summed E-state index contributed by atoms with van der Waals surface area (Å²) in [6, 6.07) is 13.6. The van der Waals surface area contributed by atoms with E-state index in [1.807, 2.05) is 0 Å². The molecule has 0 spiro atoms. The van der Waals surface area contributed by atoms with Gasteiger partial charge in [0.05, 0.1) is 12.1 Å². The Morgan fingerprint density at radius 3 is 2.38 bits per heavy atom. The number of nitrogens with one attached hydrogen (secondary N) is 1. The number of ketones is 1. The van der Waals surface area contributed by atoms with Crippen LogP contribution in [0.3, 0.4) is 0 Å². The second-order valence-corrected chi connectivity index (χ2v) is 4.91. The number of aliphatic hydroxyl groups excluding tert-OH is 1. The Hall–Kier alpha value is -2.17. The number of para-hydroxylation sites is 1. The third-order valence-electron chi connectivity index (χ3n) is 2.92. The molecule has 108 valence electrons. The molecule has 1 amide bonds. The molecule has 2 rings (SSSR count). The standard InChI is InChI=1S/C16H14ClNO3/c17-12-7-5-11(6-8-12)9-16(21)18-14-4-2-1-3-13(14)15(20)10-19/h1-8,19H,9-10H2,(H,18,21). The van der Waals surface area contributed by atoms with Crippen LogP contribution >= 0.6 is 11.6 Å². The maximum atomic E-state index is 12.0. The van der Waals surface area contributed by atoms with Crippen molar-refractivity contribution in [2.45, 2.75) is 6.42 Å². The zero-order valence-electron chi connectivity index (χ0n) is 11.2. The van der Waals surface area contributed by atoms with E-state index in [-0.39, 0.29) is 12.3 Å². The van der Waals surface area contributed by atoms with Crippen molar-refractivity contribution in [1.29, 1.82) is 0 Å². The van der Waals surface area contributed by atoms with Gasteiger partial charge in [0, 0.05) is 10.6 Å². The third kappa shape index (κ3) is 4.15. The van der Waals surface area contributed by atoms with Crippen molar-refractivity contribution < 1.29 is 14.7 Å². The molecule has 0 bridgehead atoms. The van der Waals surface area contributed by atoms with E-state index in [1.54, 1.807) is 48.5 Å². The van der Waals surface area contributed by atoms with Crippen molar-refractivity contribution in [1.82, 2.24) is 0 Å². The molecule has 2 aromatic rings. The fourth-order valence-corrected chi connectivity index (χ4v) is 2.03. The molecule has 0 saturated heterocycles. The maximum absolute atomic E-state index is 12.0. The number of hydrogen-bond acceptors (Lipinski definition) is 3. The van der Waals surface area contributed by atoms with Crippen molar-refractivity contribution in [2.24, 2.45) is 0 Å². The fourth-order valence-electron chi connectivity index (χ4n) is 1.90. The second-order valence-electron chi connectivity index (χ2n) is 4.48. The van der Waals surface area contributed by atoms with Gasteiger partial charge in [-0.2, -0.15) is 0 Å². The Labute approximate surface area is 127 Å². The van der Waals surface area contributed by atoms with Gasteiger partial charge in [0.15, 0.2) is 5.78 Å². The van der Waals surface area contributed by atoms with Gasteiger partial charge >= 0.3 is 0 Å². The lowest BCUT2D eigenvalue weighted by molar-refractivity contribution is -0.115. The molecule has 0 fully saturated rings. The number of carbonyl (C=O) groups is 2. The smallest absolute Gasteiger partial charge is 0.228 e. The molecule has 2 aromatic carbocycles. The summed E-state index contributed by atoms with van der Waals surface area (Å²) >= 11 is 5.79. The van der Waals surface area contributed by atoms with Crippen molar-refractivity contribution >= 4 is 29.0 Å². The van der Waals surface area contributed by atoms with Gasteiger partial charge < -0.3 is 10.4 Å². The highest BCUT2D eigenvalue weighted by Crippen LogP contribution is 2.16. The highest BCUT2D eigenvalue weighted by Gasteiger charge is 2.12. The highest BCUT2D eigenvalue weighted by atomic mass is 35.5. The van der Waals surface area contributed by atoms with Crippen molar-refractivity contribution in [3.05, 3.63) is 64.7 Å². The molecule has 0 heterocycles. The number of amides is 1. The molecule has 5 heteroatoms. The van der Waals surface area contributed by atoms with Gasteiger partial charge in [0.1, 0.15) is 6.61 Å². The number of carbonyl (C=O) groups excluding carboxylic acids is 2. The molecule has 0 aromatic heterocycles. The Balaban J connectivity index is 2.09. The topological polar surface area (TPSA) is 66.4 Å². The minimum Gasteiger partial charge on any atom is -0.388 e. The molecule has 0 radical (unpaired) electrons. The van der Waals surface area contributed by atoms with E-state index in [0.717, 1.165) is 5.56 Å². The number of Topliss-reactive ketones (excluding diaryl/α,β-unsaturated/α-hetero) is 1. The molecule has 0 aliphatic heterocycles. The Bertz CT molecular complexity index is 653. The van der Waals surface area contributed by atoms with Crippen LogP contribution in [0.5, 0.6) is 0 Å². The second kappa shape index (κ2) is 7.02. The third-order valence-corrected chi connectivity index (χ3v) is 3.18. The summed E-state index contributed by atoms with van der Waals surface area (Å²) in [6.07, 6.45) is 0.179. The monoisotopic (exact) mass is 303 g/mol. The van der Waals surface area contributed by atoms with Gasteiger partial charge in [0.2, 0.25) is 5.91 Å². The molecule has 0 atom stereocenters. The number of anilines is 1. The first-order valence-electron chi connectivity index (χ1n) is 6.37. The lowest BCUT2D eigenvalue weighted by atomic mass is 10.1. The van der Waals surface area contributed by atoms with Crippen LogP contribution in [-0.4, -0.2) is 23.4 Å². The maximum Gasteiger partial charge on any atom is 0.228 e. The minimum atomic E-state index is -0.593. The first kappa shape index (κ1) is 15.2. The van der Waals surface area contributed by atoms with Crippen LogP contribution in [0.4, 0.5) is 5.69 Å². The number of benzene rings is 2. The van der Waals surface area contributed by atoms with Crippen LogP contribution in [0.15, 0.2) is 48.5 Å². The molecule has 0 unspecified atom stereocenters. The van der Waals surface area contributed by atoms with Crippen LogP contribution in [-0.2, 0) is 11.2 Å². The summed E-state index contributed by atoms with van der Waals surface area (Å²) in [6.45, 7) is -0.593. The molecule has 0 aliphatic carbocycles. The first-order valence-corrected chi connectivity index (χ1v) is 6.75. The van der Waals surface area contributed by atoms with E-state index >= 15 is 0 Å². The summed E-state index contributed by atoms with van der Waals surface area (Å²) in [5.41, 5.74) is 1.52. The number of hydrogen-bond donors (Lipinski definition) is 2. The van der Waals surface area contributed by atoms with Crippen molar-refractivity contribution in [2.75, 3.05) is 11.9 Å². The van der Waals surface area contributed by atoms with Crippen LogP contribution in [0.1, 0.15) is 15.9 Å². The summed E-state index contributed by atoms with van der Waals surface area (Å²) in [5, 5.41) is 12.2. The SMILES string of the molecule is O=C(Cc1ccc(Cl)cc1)Nc1ccccc1C(=O)CO. The zero-order chi connectivity index (χ0) is 15.2. The zero-order valence-corrected chi connectivity index (χ0v) is 11.9. The Morgan fingerprint density at radius 2 is 1.71 bits per heavy atom. The summed E-state index contributed by atoms with van der Waals surface area (Å²) in [7, 11) is 0. The van der Waals surface area contributed by atoms with Crippen LogP contribution < -0.4 is 5.32 Å². The molecular weight excluding hydrogens is 290 g/mol. The summed E-state index contributed by atoms with van der Waals surface area (Å²) in [4.78, 5) is 23.6. The van der Waals surface area contributed by atoms with Gasteiger partial charge in [0.25, 0.3) is 0 Å². The van der Waals surface area contributed by atoms with Crippen molar-refractivity contribution in [3.8, 4) is 0 Å². The van der Waals surface area contributed by atoms with Crippen LogP contribution in [0, 0.1) is 0 Å². The Morgan fingerprint density at radius 1 is 1.05 bits per heavy atom. The van der Waals surface area contributed by atoms with Crippen LogP contribution in [0.2, 0.25) is 5.02 Å². The summed E-state index contributed by atoms with van der Waals surface area (Å²) in [5.74, 6) is -0.673. The van der Waals surface area contributed by atoms with E-state index in [1.165, 1.54) is 0 Å². The number of aliphatic hydroxyl groups is 1. The lowest BCUT2D eigenvalue weighted by Gasteiger charge is -2.09. The predicted molar refractivity (Wildman–Crippen MR) is 81.6 cm³/mol. The quantitative estimate of drug-likeness (QED) is 0.835. The molecule has 0 saturated carbocycles. The van der Waals surface area contributed by atoms with E-state index in [2.05, 4.69) is 5.32 Å². The van der Waals surface area contributed by atoms with E-state index in [0.29, 0.717) is 16.3 Å². The van der Waals surface area contributed by atoms with Gasteiger partial charge in [-0.3, -0.25) is 9.59 Å². The van der Waals surface area contributed by atoms with E-state index in [9.17, 15) is 9.59 Å². The number of halogens is 1. The van der Waals surface area contributed by atoms with E-state index < -0.39 is 12.4 Å². The van der Waals surface area contributed by atoms with E-state index in [4.69, 9.17) is 16.7 Å². The van der Waals surface area contributed by atoms with Gasteiger partial charge in [-0.25, -0.2) is 0 Å². The normalized spacial score (nSPS) is 10.2. The average Bonchev–Trinajstić information content (AvgIpc) is 2.49. The minimum absolute atomic E-state index is 0.179. The molecule has 4 nitrogen and oxygen atoms in total. The molecule has 0 aliphatic rings. The van der Waals surface area contributed by atoms with Gasteiger partial charge in [-0.15, -0.1) is 0 Å². The highest BCUT2D eigenvalue weighted by molar-refractivity contribution is 6.30. The fraction of sp³-hybridized carbons (Fsp3) is 0.125. The van der Waals surface area contributed by atoms with Crippen LogP contribution in [0.25, 0.3) is 0 Å². The largest absolute Gasteiger partial charge is 0.388 e. The average molecular weight is 304 g/mol. The summed E-state index contributed by atoms with van der Waals surface area (Å²) < 4.78 is 0. The first-order chi connectivity index (χ1) is 10.1. The van der Waals surface area contributed by atoms with Gasteiger partial charge in [-0.1, -0.05) is 35.9 Å². The molecular formula is C16H14ClNO3. The lowest BCUT2D eigenvalue weighted by Crippen LogP contribution is -2.17. The molecule has 2 N–H and O–H groups in total. The van der Waals surface area contributed by atoms with Crippen molar-refractivity contribution in [3.63, 3.8) is 0 Å².